The summed E-state index contributed by atoms with van der Waals surface area (Å²) in [5, 5.41) is 0. The molecule has 46 valence electrons. The van der Waals surface area contributed by atoms with E-state index < -0.39 is 0 Å². The Kier molecular flexibility index (Phi) is 7.75. The van der Waals surface area contributed by atoms with Crippen LogP contribution in [0.4, 0.5) is 0 Å². The molecule has 0 aliphatic rings. The summed E-state index contributed by atoms with van der Waals surface area (Å²) < 4.78 is 0. The van der Waals surface area contributed by atoms with E-state index in [9.17, 15) is 0 Å². The molecule has 0 heterocycles. The fourth-order valence-corrected chi connectivity index (χ4v) is 0.453. The minimum absolute atomic E-state index is 0. The van der Waals surface area contributed by atoms with E-state index in [1.165, 1.54) is 0 Å². The normalized spacial score (nSPS) is 6.89. The number of benzene rings is 1. The van der Waals surface area contributed by atoms with E-state index in [4.69, 9.17) is 7.85 Å². The number of rotatable bonds is 0. The second kappa shape index (κ2) is 5.99. The van der Waals surface area contributed by atoms with Crippen LogP contribution in [-0.4, -0.2) is 7.85 Å². The Bertz CT molecular complexity index is 141. The van der Waals surface area contributed by atoms with Gasteiger partial charge < -0.3 is 24.8 Å². The maximum atomic E-state index is 5.36. The third kappa shape index (κ3) is 4.37. The summed E-state index contributed by atoms with van der Waals surface area (Å²) in [6.07, 6.45) is 0. The third-order valence-electron chi connectivity index (χ3n) is 0.800. The van der Waals surface area contributed by atoms with Crippen LogP contribution in [0.25, 0.3) is 0 Å². The summed E-state index contributed by atoms with van der Waals surface area (Å²) in [7, 11) is 5.36. The minimum Gasteiger partial charge on any atom is -1.00 e. The molecule has 0 spiro atoms. The summed E-state index contributed by atoms with van der Waals surface area (Å²) in [5.74, 6) is 0. The predicted octanol–water partition coefficient (Wildman–Crippen LogP) is -5.51. The van der Waals surface area contributed by atoms with Gasteiger partial charge in [-0.05, 0) is 0 Å². The monoisotopic (exact) mass is 158 g/mol. The number of hydrogen-bond acceptors (Lipinski definition) is 0. The Balaban J connectivity index is 0. The van der Waals surface area contributed by atoms with Crippen molar-refractivity contribution in [1.82, 2.24) is 0 Å². The molecule has 9 heavy (non-hydrogen) atoms. The summed E-state index contributed by atoms with van der Waals surface area (Å²) in [6, 6.07) is 9.49. The molecule has 0 fully saturated rings. The van der Waals surface area contributed by atoms with Crippen molar-refractivity contribution in [3.8, 4) is 0 Å². The maximum absolute atomic E-state index is 5.36. The van der Waals surface area contributed by atoms with Crippen LogP contribution < -0.4 is 30.3 Å². The molecule has 1 aromatic carbocycles. The maximum Gasteiger partial charge on any atom is -1.00 e. The molecule has 0 N–H and O–H groups in total. The van der Waals surface area contributed by atoms with E-state index >= 15 is 0 Å². The number of hydrogen-bond donors (Lipinski definition) is 0. The van der Waals surface area contributed by atoms with E-state index in [0.29, 0.717) is 0 Å². The molecule has 0 bridgehead atoms. The van der Waals surface area contributed by atoms with Crippen molar-refractivity contribution in [3.05, 3.63) is 30.3 Å². The van der Waals surface area contributed by atoms with E-state index in [2.05, 4.69) is 0 Å². The smallest absolute Gasteiger partial charge is 1.00 e. The van der Waals surface area contributed by atoms with Gasteiger partial charge in [0.25, 0.3) is 0 Å². The molecule has 0 nitrogen and oxygen atoms in total. The van der Waals surface area contributed by atoms with Crippen LogP contribution in [0.2, 0.25) is 0 Å². The van der Waals surface area contributed by atoms with E-state index in [1.807, 2.05) is 30.3 Å². The van der Waals surface area contributed by atoms with Crippen molar-refractivity contribution in [2.75, 3.05) is 0 Å². The zero-order valence-corrected chi connectivity index (χ0v) is 6.23. The van der Waals surface area contributed by atoms with Gasteiger partial charge in [0.05, 0.1) is 0 Å². The molecule has 0 amide bonds. The summed E-state index contributed by atoms with van der Waals surface area (Å²) in [5.41, 5.74) is 0.822. The molecule has 0 unspecified atom stereocenters. The molecule has 0 saturated carbocycles. The first-order chi connectivity index (χ1) is 3.39. The van der Waals surface area contributed by atoms with Crippen LogP contribution in [-0.2, 0) is 0 Å². The Hall–Kier alpha value is -0.135. The van der Waals surface area contributed by atoms with Crippen molar-refractivity contribution in [1.29, 1.82) is 0 Å². The third-order valence-corrected chi connectivity index (χ3v) is 0.800. The zero-order chi connectivity index (χ0) is 5.11. The Morgan fingerprint density at radius 1 is 0.889 bits per heavy atom. The quantitative estimate of drug-likeness (QED) is 0.331. The van der Waals surface area contributed by atoms with Gasteiger partial charge in [-0.25, -0.2) is 0 Å². The Morgan fingerprint density at radius 2 is 1.33 bits per heavy atom. The van der Waals surface area contributed by atoms with Gasteiger partial charge in [-0.1, -0.05) is 0 Å². The molecular formula is C6H5BCl2. The van der Waals surface area contributed by atoms with Gasteiger partial charge in [0.15, 0.2) is 0 Å². The second-order valence-corrected chi connectivity index (χ2v) is 1.41. The largest absolute Gasteiger partial charge is 1.00 e. The molecule has 0 aromatic heterocycles. The van der Waals surface area contributed by atoms with Gasteiger partial charge in [-0.3, -0.25) is 0 Å². The fourth-order valence-electron chi connectivity index (χ4n) is 0.453. The molecule has 1 aromatic rings. The first-order valence-electron chi connectivity index (χ1n) is 2.20. The average molecular weight is 159 g/mol. The van der Waals surface area contributed by atoms with Gasteiger partial charge in [0, 0.05) is 0 Å². The molecule has 0 aliphatic heterocycles. The van der Waals surface area contributed by atoms with Crippen molar-refractivity contribution in [2.24, 2.45) is 0 Å². The van der Waals surface area contributed by atoms with Crippen molar-refractivity contribution >= 4 is 13.3 Å². The van der Waals surface area contributed by atoms with E-state index in [-0.39, 0.29) is 24.8 Å². The molecule has 0 radical (unpaired) electrons. The summed E-state index contributed by atoms with van der Waals surface area (Å²) in [6.45, 7) is 0. The van der Waals surface area contributed by atoms with Crippen LogP contribution in [0.5, 0.6) is 0 Å². The van der Waals surface area contributed by atoms with Crippen LogP contribution in [0.15, 0.2) is 30.3 Å². The molecular weight excluding hydrogens is 154 g/mol. The van der Waals surface area contributed by atoms with Crippen LogP contribution in [0, 0.1) is 0 Å². The predicted molar refractivity (Wildman–Crippen MR) is 31.8 cm³/mol. The first-order valence-corrected chi connectivity index (χ1v) is 2.20. The molecule has 3 heteroatoms. The second-order valence-electron chi connectivity index (χ2n) is 1.41. The van der Waals surface area contributed by atoms with Crippen molar-refractivity contribution in [3.63, 3.8) is 0 Å². The Labute approximate surface area is 68.9 Å². The molecule has 1 rings (SSSR count). The van der Waals surface area contributed by atoms with Gasteiger partial charge in [-0.15, -0.1) is 0 Å². The SMILES string of the molecule is [B+2]c1ccccc1.[Cl-].[Cl-]. The molecule has 0 atom stereocenters. The average Bonchev–Trinajstić information content (AvgIpc) is 1.69. The topological polar surface area (TPSA) is 0 Å². The number of halogens is 2. The van der Waals surface area contributed by atoms with Gasteiger partial charge in [0.1, 0.15) is 0 Å². The van der Waals surface area contributed by atoms with Gasteiger partial charge >= 0.3 is 43.6 Å². The van der Waals surface area contributed by atoms with Gasteiger partial charge in [0.2, 0.25) is 0 Å². The van der Waals surface area contributed by atoms with E-state index in [1.54, 1.807) is 0 Å². The fraction of sp³-hybridized carbons (Fsp3) is 0. The molecule has 0 aliphatic carbocycles. The van der Waals surface area contributed by atoms with Crippen molar-refractivity contribution in [2.45, 2.75) is 0 Å². The van der Waals surface area contributed by atoms with Crippen LogP contribution in [0.1, 0.15) is 0 Å². The van der Waals surface area contributed by atoms with Crippen LogP contribution >= 0.6 is 0 Å². The van der Waals surface area contributed by atoms with Crippen LogP contribution in [0.3, 0.4) is 0 Å². The summed E-state index contributed by atoms with van der Waals surface area (Å²) >= 11 is 0. The van der Waals surface area contributed by atoms with Crippen molar-refractivity contribution < 1.29 is 24.8 Å². The summed E-state index contributed by atoms with van der Waals surface area (Å²) in [4.78, 5) is 0. The Morgan fingerprint density at radius 3 is 1.56 bits per heavy atom. The standard InChI is InChI=1S/C6H5B.2ClH/c7-6-4-2-1-3-5-6;;/h1-5H;2*1H/q+2;;/p-2. The minimum atomic E-state index is 0. The zero-order valence-electron chi connectivity index (χ0n) is 4.72. The molecule has 0 saturated heterocycles. The van der Waals surface area contributed by atoms with Gasteiger partial charge in [-0.2, -0.15) is 0 Å². The van der Waals surface area contributed by atoms with E-state index in [0.717, 1.165) is 5.46 Å². The first kappa shape index (κ1) is 11.6.